The molecule has 25 heavy (non-hydrogen) atoms. The van der Waals surface area contributed by atoms with Crippen molar-refractivity contribution in [2.24, 2.45) is 5.41 Å². The zero-order valence-electron chi connectivity index (χ0n) is 14.6. The fourth-order valence-corrected chi connectivity index (χ4v) is 3.16. The van der Waals surface area contributed by atoms with E-state index in [2.05, 4.69) is 11.8 Å². The summed E-state index contributed by atoms with van der Waals surface area (Å²) >= 11 is 0. The van der Waals surface area contributed by atoms with Gasteiger partial charge in [0, 0.05) is 18.5 Å². The van der Waals surface area contributed by atoms with E-state index >= 15 is 0 Å². The van der Waals surface area contributed by atoms with Crippen molar-refractivity contribution in [3.05, 3.63) is 30.1 Å². The van der Waals surface area contributed by atoms with Crippen LogP contribution in [-0.2, 0) is 4.79 Å². The summed E-state index contributed by atoms with van der Waals surface area (Å²) in [6.45, 7) is 4.49. The summed E-state index contributed by atoms with van der Waals surface area (Å²) in [7, 11) is 0. The first-order chi connectivity index (χ1) is 12.0. The maximum atomic E-state index is 12.8. The van der Waals surface area contributed by atoms with Gasteiger partial charge in [-0.2, -0.15) is 0 Å². The molecule has 0 amide bonds. The summed E-state index contributed by atoms with van der Waals surface area (Å²) in [4.78, 5) is 10.5. The lowest BCUT2D eigenvalue weighted by molar-refractivity contribution is -0.122. The molecule has 0 spiro atoms. The van der Waals surface area contributed by atoms with E-state index in [9.17, 15) is 14.6 Å². The molecule has 2 atom stereocenters. The van der Waals surface area contributed by atoms with Gasteiger partial charge in [0.1, 0.15) is 18.2 Å². The lowest BCUT2D eigenvalue weighted by atomic mass is 9.73. The molecule has 1 aromatic carbocycles. The second-order valence-corrected chi connectivity index (χ2v) is 6.24. The van der Waals surface area contributed by atoms with E-state index in [-0.39, 0.29) is 24.3 Å². The number of ether oxygens (including phenoxy) is 1. The number of carboxylic acid groups (broad SMARTS) is 1. The maximum absolute atomic E-state index is 12.8. The summed E-state index contributed by atoms with van der Waals surface area (Å²) in [6, 6.07) is 5.97. The lowest BCUT2D eigenvalue weighted by Crippen LogP contribution is -2.53. The number of aliphatic hydroxyl groups is 2. The fourth-order valence-electron chi connectivity index (χ4n) is 3.16. The first-order valence-corrected chi connectivity index (χ1v) is 8.48. The third kappa shape index (κ3) is 6.61. The Hall–Kier alpha value is -1.70. The van der Waals surface area contributed by atoms with Crippen molar-refractivity contribution < 1.29 is 29.2 Å². The van der Waals surface area contributed by atoms with Gasteiger partial charge in [0.15, 0.2) is 0 Å². The Morgan fingerprint density at radius 1 is 1.40 bits per heavy atom. The highest BCUT2D eigenvalue weighted by Gasteiger charge is 2.40. The van der Waals surface area contributed by atoms with E-state index in [1.165, 1.54) is 12.1 Å². The molecule has 0 radical (unpaired) electrons. The number of likely N-dealkylation sites (tertiary alicyclic amines) is 1. The highest BCUT2D eigenvalue weighted by atomic mass is 19.1. The van der Waals surface area contributed by atoms with E-state index in [1.54, 1.807) is 12.1 Å². The SMILES string of the molecule is CCC[C@]1(CO)CCN(CCOc2ccc(F)cc2)C[C@H]1O.O=CO. The summed E-state index contributed by atoms with van der Waals surface area (Å²) in [6.07, 6.45) is 2.11. The Balaban J connectivity index is 0.000000970. The van der Waals surface area contributed by atoms with Crippen LogP contribution in [0, 0.1) is 11.2 Å². The number of aliphatic hydroxyl groups excluding tert-OH is 2. The van der Waals surface area contributed by atoms with Crippen LogP contribution in [0.25, 0.3) is 0 Å². The van der Waals surface area contributed by atoms with Crippen molar-refractivity contribution in [3.63, 3.8) is 0 Å². The minimum Gasteiger partial charge on any atom is -0.492 e. The summed E-state index contributed by atoms with van der Waals surface area (Å²) in [5.41, 5.74) is -0.344. The van der Waals surface area contributed by atoms with E-state index in [4.69, 9.17) is 14.6 Å². The number of carbonyl (C=O) groups is 1. The molecule has 1 heterocycles. The molecular formula is C18H28FNO5. The van der Waals surface area contributed by atoms with Crippen LogP contribution in [0.5, 0.6) is 5.75 Å². The number of β-amino-alcohol motifs (C(OH)–C–C–N with tert-alkyl or cyclic N) is 1. The molecule has 1 aliphatic heterocycles. The van der Waals surface area contributed by atoms with Gasteiger partial charge in [0.2, 0.25) is 0 Å². The van der Waals surface area contributed by atoms with Crippen LogP contribution in [0.15, 0.2) is 24.3 Å². The third-order valence-corrected chi connectivity index (χ3v) is 4.62. The summed E-state index contributed by atoms with van der Waals surface area (Å²) in [5.74, 6) is 0.373. The van der Waals surface area contributed by atoms with Crippen molar-refractivity contribution >= 4 is 6.47 Å². The Bertz CT molecular complexity index is 499. The molecule has 7 heteroatoms. The van der Waals surface area contributed by atoms with E-state index in [0.29, 0.717) is 25.4 Å². The maximum Gasteiger partial charge on any atom is 0.290 e. The number of benzene rings is 1. The van der Waals surface area contributed by atoms with Crippen LogP contribution in [0.3, 0.4) is 0 Å². The second kappa shape index (κ2) is 11.0. The average molecular weight is 357 g/mol. The van der Waals surface area contributed by atoms with Crippen LogP contribution < -0.4 is 4.74 Å². The highest BCUT2D eigenvalue weighted by Crippen LogP contribution is 2.35. The van der Waals surface area contributed by atoms with Gasteiger partial charge in [0.25, 0.3) is 6.47 Å². The van der Waals surface area contributed by atoms with Crippen LogP contribution in [-0.4, -0.2) is 65.6 Å². The number of hydrogen-bond acceptors (Lipinski definition) is 5. The van der Waals surface area contributed by atoms with Crippen molar-refractivity contribution in [3.8, 4) is 5.75 Å². The molecule has 0 saturated carbocycles. The Labute approximate surface area is 147 Å². The Kier molecular flexibility index (Phi) is 9.41. The number of nitrogens with zero attached hydrogens (tertiary/aromatic N) is 1. The number of piperidine rings is 1. The van der Waals surface area contributed by atoms with Gasteiger partial charge in [-0.1, -0.05) is 13.3 Å². The topological polar surface area (TPSA) is 90.2 Å². The predicted molar refractivity (Wildman–Crippen MR) is 92.1 cm³/mol. The molecule has 0 unspecified atom stereocenters. The number of hydrogen-bond donors (Lipinski definition) is 3. The van der Waals surface area contributed by atoms with Gasteiger partial charge in [-0.25, -0.2) is 4.39 Å². The quantitative estimate of drug-likeness (QED) is 0.644. The summed E-state index contributed by atoms with van der Waals surface area (Å²) < 4.78 is 18.4. The third-order valence-electron chi connectivity index (χ3n) is 4.62. The predicted octanol–water partition coefficient (Wildman–Crippen LogP) is 1.75. The van der Waals surface area contributed by atoms with Crippen LogP contribution in [0.2, 0.25) is 0 Å². The minimum absolute atomic E-state index is 0.0436. The molecule has 142 valence electrons. The van der Waals surface area contributed by atoms with Crippen molar-refractivity contribution in [2.75, 3.05) is 32.8 Å². The van der Waals surface area contributed by atoms with Gasteiger partial charge in [-0.05, 0) is 43.7 Å². The highest BCUT2D eigenvalue weighted by molar-refractivity contribution is 5.32. The molecule has 0 bridgehead atoms. The molecule has 1 saturated heterocycles. The van der Waals surface area contributed by atoms with Gasteiger partial charge in [-0.3, -0.25) is 9.69 Å². The molecule has 1 fully saturated rings. The first-order valence-electron chi connectivity index (χ1n) is 8.48. The van der Waals surface area contributed by atoms with Crippen molar-refractivity contribution in [2.45, 2.75) is 32.3 Å². The van der Waals surface area contributed by atoms with Crippen molar-refractivity contribution in [1.29, 1.82) is 0 Å². The monoisotopic (exact) mass is 357 g/mol. The van der Waals surface area contributed by atoms with Crippen LogP contribution in [0.1, 0.15) is 26.2 Å². The zero-order chi connectivity index (χ0) is 18.7. The molecule has 0 aliphatic carbocycles. The standard InChI is InChI=1S/C17H26FNO3.CH2O2/c1-2-7-17(13-20)8-9-19(12-16(17)21)10-11-22-15-5-3-14(18)4-6-15;2-1-3/h3-6,16,20-21H,2,7-13H2,1H3;1H,(H,2,3)/t16-,17-;/m1./s1. The average Bonchev–Trinajstić information content (AvgIpc) is 2.60. The number of rotatable bonds is 7. The van der Waals surface area contributed by atoms with Gasteiger partial charge >= 0.3 is 0 Å². The largest absolute Gasteiger partial charge is 0.492 e. The van der Waals surface area contributed by atoms with E-state index in [0.717, 1.165) is 25.8 Å². The smallest absolute Gasteiger partial charge is 0.290 e. The van der Waals surface area contributed by atoms with Gasteiger partial charge in [0.05, 0.1) is 12.7 Å². The molecular weight excluding hydrogens is 329 g/mol. The van der Waals surface area contributed by atoms with Crippen LogP contribution >= 0.6 is 0 Å². The fraction of sp³-hybridized carbons (Fsp3) is 0.611. The second-order valence-electron chi connectivity index (χ2n) is 6.24. The first kappa shape index (κ1) is 21.3. The van der Waals surface area contributed by atoms with Gasteiger partial charge in [-0.15, -0.1) is 0 Å². The number of halogens is 1. The molecule has 3 N–H and O–H groups in total. The Morgan fingerprint density at radius 3 is 2.56 bits per heavy atom. The van der Waals surface area contributed by atoms with E-state index < -0.39 is 6.10 Å². The Morgan fingerprint density at radius 2 is 2.04 bits per heavy atom. The zero-order valence-corrected chi connectivity index (χ0v) is 14.6. The molecule has 0 aromatic heterocycles. The van der Waals surface area contributed by atoms with Gasteiger partial charge < -0.3 is 20.1 Å². The molecule has 1 aliphatic rings. The van der Waals surface area contributed by atoms with E-state index in [1.807, 2.05) is 0 Å². The minimum atomic E-state index is -0.503. The van der Waals surface area contributed by atoms with Crippen molar-refractivity contribution in [1.82, 2.24) is 4.90 Å². The van der Waals surface area contributed by atoms with Crippen LogP contribution in [0.4, 0.5) is 4.39 Å². The molecule has 2 rings (SSSR count). The normalized spacial score (nSPS) is 23.4. The molecule has 1 aromatic rings. The molecule has 6 nitrogen and oxygen atoms in total. The summed E-state index contributed by atoms with van der Waals surface area (Å²) in [5, 5.41) is 26.9. The lowest BCUT2D eigenvalue weighted by Gasteiger charge is -2.44.